The number of rotatable bonds is 9. The van der Waals surface area contributed by atoms with Crippen LogP contribution in [0.5, 0.6) is 11.5 Å². The quantitative estimate of drug-likeness (QED) is 0.684. The molecule has 0 aromatic heterocycles. The first-order valence-electron chi connectivity index (χ1n) is 9.57. The Hall–Kier alpha value is -2.20. The molecule has 2 aromatic carbocycles. The van der Waals surface area contributed by atoms with Gasteiger partial charge in [0.05, 0.1) is 12.2 Å². The average Bonchev–Trinajstić information content (AvgIpc) is 3.20. The molecule has 2 aromatic rings. The van der Waals surface area contributed by atoms with Gasteiger partial charge in [0.2, 0.25) is 0 Å². The first kappa shape index (κ1) is 18.6. The summed E-state index contributed by atoms with van der Waals surface area (Å²) >= 11 is 0. The first-order valence-corrected chi connectivity index (χ1v) is 9.57. The van der Waals surface area contributed by atoms with E-state index in [0.29, 0.717) is 6.61 Å². The van der Waals surface area contributed by atoms with E-state index in [-0.39, 0.29) is 12.2 Å². The minimum atomic E-state index is 0.239. The second-order valence-electron chi connectivity index (χ2n) is 6.81. The monoisotopic (exact) mass is 355 g/mol. The van der Waals surface area contributed by atoms with Crippen LogP contribution in [0.25, 0.3) is 0 Å². The van der Waals surface area contributed by atoms with Crippen molar-refractivity contribution in [3.63, 3.8) is 0 Å². The number of ether oxygens (including phenoxy) is 3. The highest BCUT2D eigenvalue weighted by Crippen LogP contribution is 2.21. The topological polar surface area (TPSA) is 39.7 Å². The van der Waals surface area contributed by atoms with Crippen molar-refractivity contribution in [2.75, 3.05) is 18.5 Å². The van der Waals surface area contributed by atoms with Crippen molar-refractivity contribution >= 4 is 5.69 Å². The molecule has 1 saturated heterocycles. The second-order valence-corrected chi connectivity index (χ2v) is 6.81. The van der Waals surface area contributed by atoms with Crippen molar-refractivity contribution < 1.29 is 14.2 Å². The third-order valence-electron chi connectivity index (χ3n) is 4.63. The molecule has 0 bridgehead atoms. The van der Waals surface area contributed by atoms with E-state index in [0.717, 1.165) is 49.6 Å². The Morgan fingerprint density at radius 1 is 1.15 bits per heavy atom. The number of hydrogen-bond acceptors (Lipinski definition) is 4. The van der Waals surface area contributed by atoms with Crippen LogP contribution >= 0.6 is 0 Å². The minimum absolute atomic E-state index is 0.239. The molecule has 0 amide bonds. The Kier molecular flexibility index (Phi) is 6.78. The van der Waals surface area contributed by atoms with Gasteiger partial charge in [-0.25, -0.2) is 0 Å². The molecule has 26 heavy (non-hydrogen) atoms. The molecule has 3 rings (SSSR count). The Morgan fingerprint density at radius 3 is 2.73 bits per heavy atom. The Balaban J connectivity index is 1.48. The normalized spacial score (nSPS) is 17.7. The SMILES string of the molecule is CCC(C)Oc1ccc(CNc2cccc(OCC3CCCO3)c2)cc1. The average molecular weight is 355 g/mol. The smallest absolute Gasteiger partial charge is 0.121 e. The van der Waals surface area contributed by atoms with Crippen LogP contribution in [-0.2, 0) is 11.3 Å². The van der Waals surface area contributed by atoms with Crippen LogP contribution in [0.1, 0.15) is 38.7 Å². The fourth-order valence-corrected chi connectivity index (χ4v) is 2.87. The molecule has 4 heteroatoms. The van der Waals surface area contributed by atoms with E-state index in [1.54, 1.807) is 0 Å². The lowest BCUT2D eigenvalue weighted by atomic mass is 10.2. The number of hydrogen-bond donors (Lipinski definition) is 1. The van der Waals surface area contributed by atoms with E-state index in [2.05, 4.69) is 37.4 Å². The van der Waals surface area contributed by atoms with Gasteiger partial charge in [0.15, 0.2) is 0 Å². The zero-order chi connectivity index (χ0) is 18.2. The summed E-state index contributed by atoms with van der Waals surface area (Å²) in [5.74, 6) is 1.80. The van der Waals surface area contributed by atoms with E-state index < -0.39 is 0 Å². The van der Waals surface area contributed by atoms with E-state index in [1.165, 1.54) is 5.56 Å². The minimum Gasteiger partial charge on any atom is -0.491 e. The Morgan fingerprint density at radius 2 is 2.00 bits per heavy atom. The Bertz CT molecular complexity index is 665. The molecule has 0 radical (unpaired) electrons. The number of benzene rings is 2. The highest BCUT2D eigenvalue weighted by atomic mass is 16.5. The van der Waals surface area contributed by atoms with Gasteiger partial charge in [0, 0.05) is 24.9 Å². The fraction of sp³-hybridized carbons (Fsp3) is 0.455. The lowest BCUT2D eigenvalue weighted by Crippen LogP contribution is -2.16. The fourth-order valence-electron chi connectivity index (χ4n) is 2.87. The molecule has 140 valence electrons. The third kappa shape index (κ3) is 5.67. The van der Waals surface area contributed by atoms with Gasteiger partial charge < -0.3 is 19.5 Å². The highest BCUT2D eigenvalue weighted by molar-refractivity contribution is 5.48. The standard InChI is InChI=1S/C22H29NO3/c1-3-17(2)26-20-11-9-18(10-12-20)15-23-19-6-4-7-21(14-19)25-16-22-8-5-13-24-22/h4,6-7,9-12,14,17,22-23H,3,5,8,13,15-16H2,1-2H3. The van der Waals surface area contributed by atoms with Gasteiger partial charge in [-0.15, -0.1) is 0 Å². The number of nitrogens with one attached hydrogen (secondary N) is 1. The van der Waals surface area contributed by atoms with E-state index in [4.69, 9.17) is 14.2 Å². The van der Waals surface area contributed by atoms with Crippen molar-refractivity contribution in [2.24, 2.45) is 0 Å². The van der Waals surface area contributed by atoms with Crippen molar-refractivity contribution in [1.29, 1.82) is 0 Å². The maximum absolute atomic E-state index is 5.86. The van der Waals surface area contributed by atoms with Crippen LogP contribution < -0.4 is 14.8 Å². The summed E-state index contributed by atoms with van der Waals surface area (Å²) in [7, 11) is 0. The number of anilines is 1. The van der Waals surface area contributed by atoms with Crippen molar-refractivity contribution in [3.05, 3.63) is 54.1 Å². The molecule has 1 aliphatic heterocycles. The van der Waals surface area contributed by atoms with Crippen LogP contribution in [0.4, 0.5) is 5.69 Å². The predicted octanol–water partition coefficient (Wildman–Crippen LogP) is 5.03. The largest absolute Gasteiger partial charge is 0.491 e. The van der Waals surface area contributed by atoms with Crippen LogP contribution in [0, 0.1) is 0 Å². The highest BCUT2D eigenvalue weighted by Gasteiger charge is 2.15. The molecular weight excluding hydrogens is 326 g/mol. The predicted molar refractivity (Wildman–Crippen MR) is 105 cm³/mol. The summed E-state index contributed by atoms with van der Waals surface area (Å²) in [6, 6.07) is 16.4. The first-order chi connectivity index (χ1) is 12.7. The summed E-state index contributed by atoms with van der Waals surface area (Å²) in [5, 5.41) is 3.45. The maximum Gasteiger partial charge on any atom is 0.121 e. The molecule has 0 aliphatic carbocycles. The lowest BCUT2D eigenvalue weighted by Gasteiger charge is -2.14. The second kappa shape index (κ2) is 9.48. The maximum atomic E-state index is 5.86. The van der Waals surface area contributed by atoms with Gasteiger partial charge in [-0.05, 0) is 56.0 Å². The van der Waals surface area contributed by atoms with E-state index >= 15 is 0 Å². The van der Waals surface area contributed by atoms with Crippen LogP contribution in [0.3, 0.4) is 0 Å². The van der Waals surface area contributed by atoms with Crippen molar-refractivity contribution in [1.82, 2.24) is 0 Å². The molecule has 1 aliphatic rings. The van der Waals surface area contributed by atoms with Gasteiger partial charge in [0.25, 0.3) is 0 Å². The summed E-state index contributed by atoms with van der Waals surface area (Å²) in [4.78, 5) is 0. The lowest BCUT2D eigenvalue weighted by molar-refractivity contribution is 0.0680. The van der Waals surface area contributed by atoms with Gasteiger partial charge in [-0.2, -0.15) is 0 Å². The molecule has 2 unspecified atom stereocenters. The van der Waals surface area contributed by atoms with Crippen LogP contribution in [0.15, 0.2) is 48.5 Å². The summed E-state index contributed by atoms with van der Waals surface area (Å²) in [6.45, 7) is 6.46. The van der Waals surface area contributed by atoms with Crippen LogP contribution in [0.2, 0.25) is 0 Å². The van der Waals surface area contributed by atoms with Gasteiger partial charge in [-0.1, -0.05) is 25.1 Å². The summed E-state index contributed by atoms with van der Waals surface area (Å²) < 4.78 is 17.3. The molecule has 2 atom stereocenters. The third-order valence-corrected chi connectivity index (χ3v) is 4.63. The van der Waals surface area contributed by atoms with Crippen molar-refractivity contribution in [2.45, 2.75) is 51.9 Å². The molecule has 1 heterocycles. The van der Waals surface area contributed by atoms with Gasteiger partial charge in [0.1, 0.15) is 18.1 Å². The zero-order valence-corrected chi connectivity index (χ0v) is 15.7. The molecule has 1 N–H and O–H groups in total. The summed E-state index contributed by atoms with van der Waals surface area (Å²) in [5.41, 5.74) is 2.27. The van der Waals surface area contributed by atoms with E-state index in [9.17, 15) is 0 Å². The zero-order valence-electron chi connectivity index (χ0n) is 15.7. The van der Waals surface area contributed by atoms with Crippen molar-refractivity contribution in [3.8, 4) is 11.5 Å². The van der Waals surface area contributed by atoms with Gasteiger partial charge in [-0.3, -0.25) is 0 Å². The molecule has 0 saturated carbocycles. The molecular formula is C22H29NO3. The molecule has 1 fully saturated rings. The molecule has 4 nitrogen and oxygen atoms in total. The Labute approximate surface area is 156 Å². The van der Waals surface area contributed by atoms with E-state index in [1.807, 2.05) is 30.3 Å². The molecule has 0 spiro atoms. The summed E-state index contributed by atoms with van der Waals surface area (Å²) in [6.07, 6.45) is 3.72. The van der Waals surface area contributed by atoms with Gasteiger partial charge >= 0.3 is 0 Å². The van der Waals surface area contributed by atoms with Crippen LogP contribution in [-0.4, -0.2) is 25.4 Å².